The molecule has 5 aromatic rings. The second-order valence-electron chi connectivity index (χ2n) is 12.8. The van der Waals surface area contributed by atoms with Gasteiger partial charge in [0.1, 0.15) is 24.4 Å². The lowest BCUT2D eigenvalue weighted by Gasteiger charge is -2.32. The molecule has 3 fully saturated rings. The maximum atomic E-state index is 14.2. The molecule has 6 heterocycles. The number of imidazole rings is 1. The number of nitrogens with zero attached hydrogens (tertiary/aromatic N) is 6. The van der Waals surface area contributed by atoms with Gasteiger partial charge >= 0.3 is 6.09 Å². The van der Waals surface area contributed by atoms with Crippen LogP contribution in [0, 0.1) is 5.82 Å². The molecule has 50 heavy (non-hydrogen) atoms. The van der Waals surface area contributed by atoms with Gasteiger partial charge in [-0.1, -0.05) is 35.5 Å². The van der Waals surface area contributed by atoms with Gasteiger partial charge in [-0.15, -0.1) is 5.10 Å². The minimum Gasteiger partial charge on any atom is -0.473 e. The predicted octanol–water partition coefficient (Wildman–Crippen LogP) is 5.96. The average Bonchev–Trinajstić information content (AvgIpc) is 3.84. The summed E-state index contributed by atoms with van der Waals surface area (Å²) in [6.07, 6.45) is 2.58. The van der Waals surface area contributed by atoms with E-state index in [4.69, 9.17) is 35.8 Å². The van der Waals surface area contributed by atoms with E-state index in [9.17, 15) is 9.18 Å². The number of alkyl carbamates (subject to hydrolysis) is 1. The van der Waals surface area contributed by atoms with Crippen LogP contribution in [0.15, 0.2) is 59.8 Å². The van der Waals surface area contributed by atoms with Crippen LogP contribution in [0.2, 0.25) is 5.02 Å². The van der Waals surface area contributed by atoms with Crippen LogP contribution in [0.25, 0.3) is 22.4 Å². The molecule has 0 radical (unpaired) electrons. The number of ether oxygens (including phenoxy) is 3. The Morgan fingerprint density at radius 3 is 2.70 bits per heavy atom. The first-order chi connectivity index (χ1) is 24.4. The Balaban J connectivity index is 0.919. The van der Waals surface area contributed by atoms with Crippen LogP contribution >= 0.6 is 23.4 Å². The summed E-state index contributed by atoms with van der Waals surface area (Å²) in [5.74, 6) is 2.66. The van der Waals surface area contributed by atoms with Gasteiger partial charge in [0, 0.05) is 46.2 Å². The summed E-state index contributed by atoms with van der Waals surface area (Å²) in [7, 11) is 0. The van der Waals surface area contributed by atoms with E-state index < -0.39 is 5.82 Å². The van der Waals surface area contributed by atoms with Crippen molar-refractivity contribution in [2.45, 2.75) is 62.2 Å². The fourth-order valence-corrected chi connectivity index (χ4v) is 7.48. The molecule has 0 bridgehead atoms. The van der Waals surface area contributed by atoms with Crippen molar-refractivity contribution < 1.29 is 23.4 Å². The van der Waals surface area contributed by atoms with Gasteiger partial charge in [0.15, 0.2) is 5.82 Å². The summed E-state index contributed by atoms with van der Waals surface area (Å²) in [5.41, 5.74) is 4.30. The van der Waals surface area contributed by atoms with Crippen LogP contribution in [0.5, 0.6) is 5.88 Å². The van der Waals surface area contributed by atoms with Gasteiger partial charge in [-0.05, 0) is 68.8 Å². The number of pyridine rings is 1. The number of nitrogens with one attached hydrogen (secondary N) is 2. The minimum atomic E-state index is -0.390. The number of H-pyrrole nitrogens is 1. The maximum absolute atomic E-state index is 14.2. The number of aromatic amines is 1. The number of hydrogen-bond donors (Lipinski definition) is 2. The van der Waals surface area contributed by atoms with Gasteiger partial charge in [-0.3, -0.25) is 10.00 Å². The molecule has 3 saturated heterocycles. The lowest BCUT2D eigenvalue weighted by atomic mass is 9.93. The molecule has 0 aliphatic carbocycles. The van der Waals surface area contributed by atoms with Crippen LogP contribution < -0.4 is 10.1 Å². The molecule has 8 rings (SSSR count). The zero-order valence-electron chi connectivity index (χ0n) is 27.2. The van der Waals surface area contributed by atoms with Crippen LogP contribution in [-0.2, 0) is 29.2 Å². The number of carbonyl (C=O) groups excluding carboxylic acids is 1. The Hall–Kier alpha value is -4.24. The summed E-state index contributed by atoms with van der Waals surface area (Å²) >= 11 is 7.33. The summed E-state index contributed by atoms with van der Waals surface area (Å²) < 4.78 is 33.4. The molecule has 3 aliphatic rings. The maximum Gasteiger partial charge on any atom is 0.407 e. The van der Waals surface area contributed by atoms with Crippen LogP contribution in [0.3, 0.4) is 0 Å². The van der Waals surface area contributed by atoms with Crippen LogP contribution in [0.4, 0.5) is 9.18 Å². The highest BCUT2D eigenvalue weighted by atomic mass is 35.5. The number of amides is 1. The first-order valence-corrected chi connectivity index (χ1v) is 18.2. The number of carbonyl (C=O) groups is 1. The molecule has 1 unspecified atom stereocenters. The van der Waals surface area contributed by atoms with E-state index in [-0.39, 0.29) is 24.9 Å². The molecule has 2 N–H and O–H groups in total. The highest BCUT2D eigenvalue weighted by molar-refractivity contribution is 7.99. The zero-order valence-corrected chi connectivity index (χ0v) is 28.8. The zero-order chi connectivity index (χ0) is 34.0. The molecule has 15 heteroatoms. The quantitative estimate of drug-likeness (QED) is 0.149. The summed E-state index contributed by atoms with van der Waals surface area (Å²) in [6.45, 7) is 4.70. The molecule has 1 amide bonds. The molecule has 260 valence electrons. The molecule has 2 aromatic carbocycles. The summed E-state index contributed by atoms with van der Waals surface area (Å²) in [4.78, 5) is 28.3. The Morgan fingerprint density at radius 1 is 1.04 bits per heavy atom. The lowest BCUT2D eigenvalue weighted by Crippen LogP contribution is -2.35. The number of aromatic nitrogens is 6. The third-order valence-corrected chi connectivity index (χ3v) is 10.6. The molecule has 3 aliphatic heterocycles. The molecule has 0 saturated carbocycles. The van der Waals surface area contributed by atoms with E-state index in [1.807, 2.05) is 24.3 Å². The van der Waals surface area contributed by atoms with Crippen molar-refractivity contribution in [1.29, 1.82) is 0 Å². The SMILES string of the molecule is O=C1NCC(CSc2n[nH]c(-c3ccc4c(c3)nc(CN3CCC(c5cccc(OCc6ccc(Cl)cc6F)n5)CC3)n4C[C@@H]3CCO3)n2)O1. The molecular weight excluding hydrogens is 683 g/mol. The van der Waals surface area contributed by atoms with Gasteiger partial charge in [-0.25, -0.2) is 24.1 Å². The topological polar surface area (TPSA) is 132 Å². The number of piperidine rings is 1. The van der Waals surface area contributed by atoms with Crippen LogP contribution in [-0.4, -0.2) is 84.9 Å². The van der Waals surface area contributed by atoms with E-state index >= 15 is 0 Å². The largest absolute Gasteiger partial charge is 0.473 e. The second kappa shape index (κ2) is 14.5. The molecule has 0 spiro atoms. The van der Waals surface area contributed by atoms with Crippen LogP contribution in [0.1, 0.15) is 42.3 Å². The standard InChI is InChI=1S/C35H36ClFN8O4S/c36-24-6-4-23(27(37)15-24)19-48-32-3-1-2-28(40-32)21-8-11-44(12-9-21)18-31-39-29-14-22(5-7-30(29)45(31)17-25-10-13-47-25)33-41-34(43-42-33)50-20-26-16-38-35(46)49-26/h1-7,14-15,21,25-26H,8-13,16-20H2,(H,38,46)(H,41,42,43)/t25-,26?/m0/s1. The molecule has 3 aromatic heterocycles. The van der Waals surface area contributed by atoms with Crippen molar-refractivity contribution in [3.63, 3.8) is 0 Å². The van der Waals surface area contributed by atoms with Crippen molar-refractivity contribution in [2.24, 2.45) is 0 Å². The normalized spacial score (nSPS) is 19.8. The Bertz CT molecular complexity index is 2000. The number of halogens is 2. The summed E-state index contributed by atoms with van der Waals surface area (Å²) in [6, 6.07) is 16.6. The molecule has 12 nitrogen and oxygen atoms in total. The first-order valence-electron chi connectivity index (χ1n) is 16.8. The van der Waals surface area contributed by atoms with E-state index in [1.165, 1.54) is 17.8 Å². The lowest BCUT2D eigenvalue weighted by molar-refractivity contribution is -0.0592. The van der Waals surface area contributed by atoms with E-state index in [0.29, 0.717) is 45.7 Å². The first kappa shape index (κ1) is 32.9. The average molecular weight is 719 g/mol. The van der Waals surface area contributed by atoms with Gasteiger partial charge in [0.2, 0.25) is 11.0 Å². The summed E-state index contributed by atoms with van der Waals surface area (Å²) in [5, 5.41) is 11.0. The fraction of sp³-hybridized carbons (Fsp3) is 0.400. The van der Waals surface area contributed by atoms with Crippen molar-refractivity contribution in [3.05, 3.63) is 82.5 Å². The minimum absolute atomic E-state index is 0.0865. The van der Waals surface area contributed by atoms with Gasteiger partial charge in [0.05, 0.1) is 36.8 Å². The molecular formula is C35H36ClFN8O4S. The smallest absolute Gasteiger partial charge is 0.407 e. The number of likely N-dealkylation sites (tertiary alicyclic amines) is 1. The van der Waals surface area contributed by atoms with Gasteiger partial charge in [-0.2, -0.15) is 0 Å². The van der Waals surface area contributed by atoms with E-state index in [1.54, 1.807) is 12.1 Å². The second-order valence-corrected chi connectivity index (χ2v) is 14.2. The number of fused-ring (bicyclic) bond motifs is 1. The van der Waals surface area contributed by atoms with Crippen molar-refractivity contribution in [3.8, 4) is 17.3 Å². The number of rotatable bonds is 12. The third kappa shape index (κ3) is 7.43. The number of cyclic esters (lactones) is 1. The Morgan fingerprint density at radius 2 is 1.92 bits per heavy atom. The van der Waals surface area contributed by atoms with Crippen molar-refractivity contribution >= 4 is 40.5 Å². The Kier molecular flexibility index (Phi) is 9.58. The Labute approximate surface area is 297 Å². The predicted molar refractivity (Wildman–Crippen MR) is 186 cm³/mol. The number of benzene rings is 2. The number of hydrogen-bond acceptors (Lipinski definition) is 10. The van der Waals surface area contributed by atoms with Crippen molar-refractivity contribution in [2.75, 3.05) is 32.0 Å². The van der Waals surface area contributed by atoms with Crippen molar-refractivity contribution in [1.82, 2.24) is 39.9 Å². The van der Waals surface area contributed by atoms with E-state index in [2.05, 4.69) is 42.1 Å². The highest BCUT2D eigenvalue weighted by Gasteiger charge is 2.27. The van der Waals surface area contributed by atoms with Gasteiger partial charge in [0.25, 0.3) is 0 Å². The molecule has 2 atom stereocenters. The van der Waals surface area contributed by atoms with E-state index in [0.717, 1.165) is 80.2 Å². The third-order valence-electron chi connectivity index (χ3n) is 9.40. The number of thioether (sulfide) groups is 1. The van der Waals surface area contributed by atoms with Gasteiger partial charge < -0.3 is 24.1 Å². The fourth-order valence-electron chi connectivity index (χ4n) is 6.53. The monoisotopic (exact) mass is 718 g/mol. The highest BCUT2D eigenvalue weighted by Crippen LogP contribution is 2.31.